The lowest BCUT2D eigenvalue weighted by molar-refractivity contribution is 0.995. The van der Waals surface area contributed by atoms with Crippen molar-refractivity contribution in [1.82, 2.24) is 0 Å². The summed E-state index contributed by atoms with van der Waals surface area (Å²) in [5.74, 6) is 2.82. The van der Waals surface area contributed by atoms with E-state index in [9.17, 15) is 0 Å². The second-order valence-corrected chi connectivity index (χ2v) is 5.31. The van der Waals surface area contributed by atoms with Crippen molar-refractivity contribution < 1.29 is 0 Å². The summed E-state index contributed by atoms with van der Waals surface area (Å²) in [6.45, 7) is 0. The zero-order valence-electron chi connectivity index (χ0n) is 9.60. The highest BCUT2D eigenvalue weighted by Gasteiger charge is 2.22. The number of thiophene rings is 1. The molecule has 0 unspecified atom stereocenters. The van der Waals surface area contributed by atoms with Crippen LogP contribution in [0.25, 0.3) is 0 Å². The van der Waals surface area contributed by atoms with Crippen molar-refractivity contribution in [2.24, 2.45) is 0 Å². The van der Waals surface area contributed by atoms with Crippen LogP contribution in [0.5, 0.6) is 0 Å². The number of hydrogen-bond donors (Lipinski definition) is 0. The first-order chi connectivity index (χ1) is 8.42. The highest BCUT2D eigenvalue weighted by atomic mass is 32.1. The third-order valence-corrected chi connectivity index (χ3v) is 4.02. The molecule has 3 rings (SSSR count). The molecule has 0 saturated heterocycles. The van der Waals surface area contributed by atoms with Crippen LogP contribution in [0.2, 0.25) is 0 Å². The molecule has 0 N–H and O–H groups in total. The molecule has 1 aromatic rings. The Balaban J connectivity index is 1.61. The molecule has 2 aliphatic carbocycles. The molecule has 10 radical (unpaired) electrons. The Morgan fingerprint density at radius 3 is 2.00 bits per heavy atom. The fourth-order valence-electron chi connectivity index (χ4n) is 2.15. The van der Waals surface area contributed by atoms with Gasteiger partial charge in [-0.15, -0.1) is 11.3 Å². The van der Waals surface area contributed by atoms with Gasteiger partial charge in [0.25, 0.3) is 0 Å². The molecular weight excluding hydrogens is 224 g/mol. The van der Waals surface area contributed by atoms with Gasteiger partial charge in [-0.3, -0.25) is 0 Å². The zero-order chi connectivity index (χ0) is 11.5. The second-order valence-electron chi connectivity index (χ2n) is 4.31. The monoisotopic (exact) mass is 238 g/mol. The molecule has 84 valence electrons. The minimum Gasteiger partial charge on any atom is -0.149 e. The van der Waals surface area contributed by atoms with E-state index >= 15 is 0 Å². The van der Waals surface area contributed by atoms with Gasteiger partial charge in [0, 0.05) is 4.88 Å². The fourth-order valence-corrected chi connectivity index (χ4v) is 3.09. The molecule has 0 nitrogen and oxygen atoms in total. The normalized spacial score (nSPS) is 22.6. The summed E-state index contributed by atoms with van der Waals surface area (Å²) in [5, 5.41) is 2.20. The van der Waals surface area contributed by atoms with Crippen LogP contribution < -0.4 is 0 Å². The quantitative estimate of drug-likeness (QED) is 0.751. The van der Waals surface area contributed by atoms with Gasteiger partial charge in [-0.2, -0.15) is 0 Å². The van der Waals surface area contributed by atoms with Crippen molar-refractivity contribution in [3.05, 3.63) is 85.1 Å². The minimum absolute atomic E-state index is 1.06. The highest BCUT2D eigenvalue weighted by Crippen LogP contribution is 2.33. The first-order valence-electron chi connectivity index (χ1n) is 5.88. The Kier molecular flexibility index (Phi) is 3.85. The van der Waals surface area contributed by atoms with Gasteiger partial charge >= 0.3 is 0 Å². The Morgan fingerprint density at radius 2 is 1.35 bits per heavy atom. The van der Waals surface area contributed by atoms with Gasteiger partial charge in [0.2, 0.25) is 0 Å². The van der Waals surface area contributed by atoms with Gasteiger partial charge in [0.05, 0.1) is 0 Å². The third kappa shape index (κ3) is 2.93. The third-order valence-electron chi connectivity index (χ3n) is 3.06. The molecule has 0 aliphatic heterocycles. The van der Waals surface area contributed by atoms with E-state index in [0.717, 1.165) is 12.8 Å². The molecule has 0 atom stereocenters. The predicted octanol–water partition coefficient (Wildman–Crippen LogP) is 3.64. The van der Waals surface area contributed by atoms with Crippen molar-refractivity contribution in [3.8, 4) is 0 Å². The maximum Gasteiger partial charge on any atom is 0.00833 e. The average molecular weight is 238 g/mol. The summed E-state index contributed by atoms with van der Waals surface area (Å²) >= 11 is 1.87. The van der Waals surface area contributed by atoms with Crippen molar-refractivity contribution in [2.45, 2.75) is 12.8 Å². The van der Waals surface area contributed by atoms with Crippen LogP contribution in [-0.2, 0) is 12.8 Å². The van der Waals surface area contributed by atoms with Crippen LogP contribution in [0.3, 0.4) is 0 Å². The predicted molar refractivity (Wildman–Crippen MR) is 72.6 cm³/mol. The highest BCUT2D eigenvalue weighted by molar-refractivity contribution is 7.10. The van der Waals surface area contributed by atoms with Gasteiger partial charge in [-0.05, 0) is 93.1 Å². The van der Waals surface area contributed by atoms with E-state index in [4.69, 9.17) is 0 Å². The van der Waals surface area contributed by atoms with Gasteiger partial charge in [0.15, 0.2) is 0 Å². The van der Waals surface area contributed by atoms with Crippen LogP contribution in [0, 0.1) is 63.2 Å². The van der Waals surface area contributed by atoms with Gasteiger partial charge in [0.1, 0.15) is 0 Å². The largest absolute Gasteiger partial charge is 0.149 e. The molecule has 0 amide bonds. The SMILES string of the molecule is [CH]1[CH][CH][C](Cc2ccsc2C[C]2[CH][CH][CH][CH]2)[CH]1. The summed E-state index contributed by atoms with van der Waals surface area (Å²) < 4.78 is 0. The lowest BCUT2D eigenvalue weighted by Gasteiger charge is -2.11. The maximum absolute atomic E-state index is 2.26. The smallest absolute Gasteiger partial charge is 0.00833 e. The van der Waals surface area contributed by atoms with E-state index in [1.165, 1.54) is 22.3 Å². The molecule has 2 aliphatic rings. The molecule has 2 fully saturated rings. The van der Waals surface area contributed by atoms with Crippen LogP contribution in [0.4, 0.5) is 0 Å². The molecule has 2 saturated carbocycles. The molecular formula is C16H14S. The molecule has 1 aromatic heterocycles. The minimum atomic E-state index is 1.06. The van der Waals surface area contributed by atoms with Gasteiger partial charge in [-0.1, -0.05) is 0 Å². The van der Waals surface area contributed by atoms with Crippen molar-refractivity contribution in [2.75, 3.05) is 0 Å². The summed E-state index contributed by atoms with van der Waals surface area (Å²) in [7, 11) is 0. The Hall–Kier alpha value is -0.300. The molecule has 17 heavy (non-hydrogen) atoms. The van der Waals surface area contributed by atoms with Crippen molar-refractivity contribution in [3.63, 3.8) is 0 Å². The summed E-state index contributed by atoms with van der Waals surface area (Å²) in [6.07, 6.45) is 19.4. The summed E-state index contributed by atoms with van der Waals surface area (Å²) in [6, 6.07) is 2.26. The summed E-state index contributed by atoms with van der Waals surface area (Å²) in [5.41, 5.74) is 1.47. The lowest BCUT2D eigenvalue weighted by atomic mass is 9.95. The van der Waals surface area contributed by atoms with E-state index in [-0.39, 0.29) is 0 Å². The Labute approximate surface area is 109 Å². The van der Waals surface area contributed by atoms with E-state index in [2.05, 4.69) is 62.8 Å². The second kappa shape index (κ2) is 5.56. The Bertz CT molecular complexity index is 308. The van der Waals surface area contributed by atoms with Crippen LogP contribution in [0.15, 0.2) is 11.4 Å². The molecule has 0 bridgehead atoms. The first-order valence-corrected chi connectivity index (χ1v) is 6.76. The van der Waals surface area contributed by atoms with E-state index in [0.29, 0.717) is 0 Å². The average Bonchev–Trinajstić information content (AvgIpc) is 3.04. The maximum atomic E-state index is 2.26. The molecule has 1 heteroatoms. The van der Waals surface area contributed by atoms with Gasteiger partial charge in [-0.25, -0.2) is 0 Å². The number of hydrogen-bond acceptors (Lipinski definition) is 1. The van der Waals surface area contributed by atoms with Crippen LogP contribution >= 0.6 is 11.3 Å². The number of rotatable bonds is 4. The van der Waals surface area contributed by atoms with Crippen LogP contribution in [-0.4, -0.2) is 0 Å². The fraction of sp³-hybridized carbons (Fsp3) is 0.125. The zero-order valence-corrected chi connectivity index (χ0v) is 10.4. The van der Waals surface area contributed by atoms with Gasteiger partial charge < -0.3 is 0 Å². The van der Waals surface area contributed by atoms with E-state index in [1.54, 1.807) is 0 Å². The van der Waals surface area contributed by atoms with E-state index in [1.807, 2.05) is 11.3 Å². The standard InChI is InChI=1S/C16H14S/c1-2-6-13(5-1)11-15-9-10-17-16(15)12-14-7-3-4-8-14/h1-10H,11-12H2. The molecule has 0 aromatic carbocycles. The van der Waals surface area contributed by atoms with Crippen molar-refractivity contribution in [1.29, 1.82) is 0 Å². The lowest BCUT2D eigenvalue weighted by Crippen LogP contribution is -2.02. The van der Waals surface area contributed by atoms with Crippen LogP contribution in [0.1, 0.15) is 10.4 Å². The topological polar surface area (TPSA) is 0 Å². The summed E-state index contributed by atoms with van der Waals surface area (Å²) in [4.78, 5) is 1.50. The molecule has 0 spiro atoms. The Morgan fingerprint density at radius 1 is 0.765 bits per heavy atom. The molecule has 1 heterocycles. The van der Waals surface area contributed by atoms with E-state index < -0.39 is 0 Å². The van der Waals surface area contributed by atoms with Crippen molar-refractivity contribution >= 4 is 11.3 Å². The first kappa shape index (κ1) is 11.8.